The maximum absolute atomic E-state index is 13.4. The molecule has 1 heterocycles. The van der Waals surface area contributed by atoms with E-state index >= 15 is 0 Å². The van der Waals surface area contributed by atoms with Gasteiger partial charge in [0.25, 0.3) is 0 Å². The second-order valence-corrected chi connectivity index (χ2v) is 6.97. The van der Waals surface area contributed by atoms with E-state index in [0.717, 1.165) is 17.2 Å². The van der Waals surface area contributed by atoms with Gasteiger partial charge in [0.15, 0.2) is 5.96 Å². The molecule has 0 aliphatic heterocycles. The maximum Gasteiger partial charge on any atom is 0.191 e. The Balaban J connectivity index is 1.93. The summed E-state index contributed by atoms with van der Waals surface area (Å²) in [5.74, 6) is 0.515. The first kappa shape index (κ1) is 17.4. The van der Waals surface area contributed by atoms with E-state index in [1.807, 2.05) is 18.5 Å². The van der Waals surface area contributed by atoms with Crippen molar-refractivity contribution < 1.29 is 4.39 Å². The monoisotopic (exact) mass is 334 g/mol. The molecule has 0 aliphatic carbocycles. The number of aryl methyl sites for hydroxylation is 1. The maximum atomic E-state index is 13.4. The molecule has 2 aromatic rings. The summed E-state index contributed by atoms with van der Waals surface area (Å²) in [6.07, 6.45) is 0. The number of rotatable bonds is 5. The predicted molar refractivity (Wildman–Crippen MR) is 94.5 cm³/mol. The minimum Gasteiger partial charge on any atom is -0.356 e. The first-order chi connectivity index (χ1) is 10.9. The van der Waals surface area contributed by atoms with Crippen molar-refractivity contribution in [2.45, 2.75) is 32.7 Å². The van der Waals surface area contributed by atoms with Crippen molar-refractivity contribution in [3.05, 3.63) is 51.7 Å². The Morgan fingerprint density at radius 3 is 2.74 bits per heavy atom. The van der Waals surface area contributed by atoms with E-state index in [4.69, 9.17) is 0 Å². The lowest BCUT2D eigenvalue weighted by atomic mass is 9.84. The number of nitrogens with one attached hydrogen (secondary N) is 2. The number of aliphatic imine (C=N–C) groups is 1. The zero-order valence-electron chi connectivity index (χ0n) is 14.0. The Morgan fingerprint density at radius 2 is 2.13 bits per heavy atom. The number of hydrogen-bond acceptors (Lipinski definition) is 3. The molecular weight excluding hydrogens is 311 g/mol. The van der Waals surface area contributed by atoms with Crippen LogP contribution in [0.2, 0.25) is 0 Å². The second-order valence-electron chi connectivity index (χ2n) is 6.03. The van der Waals surface area contributed by atoms with E-state index in [1.54, 1.807) is 30.5 Å². The lowest BCUT2D eigenvalue weighted by Gasteiger charge is -2.26. The van der Waals surface area contributed by atoms with Gasteiger partial charge in [0.05, 0.1) is 17.7 Å². The fourth-order valence-corrected chi connectivity index (χ4v) is 2.91. The van der Waals surface area contributed by atoms with Crippen LogP contribution in [0.1, 0.15) is 30.0 Å². The van der Waals surface area contributed by atoms with Gasteiger partial charge in [-0.25, -0.2) is 9.37 Å². The van der Waals surface area contributed by atoms with Gasteiger partial charge in [-0.2, -0.15) is 0 Å². The average Bonchev–Trinajstić information content (AvgIpc) is 2.93. The van der Waals surface area contributed by atoms with Gasteiger partial charge in [-0.3, -0.25) is 4.99 Å². The molecule has 6 heteroatoms. The van der Waals surface area contributed by atoms with E-state index < -0.39 is 0 Å². The Morgan fingerprint density at radius 1 is 1.35 bits per heavy atom. The molecule has 0 atom stereocenters. The zero-order chi connectivity index (χ0) is 16.9. The van der Waals surface area contributed by atoms with Crippen molar-refractivity contribution >= 4 is 17.3 Å². The van der Waals surface area contributed by atoms with Crippen LogP contribution in [0.15, 0.2) is 34.8 Å². The van der Waals surface area contributed by atoms with Gasteiger partial charge in [0.2, 0.25) is 0 Å². The Labute approximate surface area is 140 Å². The molecule has 1 aromatic carbocycles. The highest BCUT2D eigenvalue weighted by Crippen LogP contribution is 2.22. The number of guanidine groups is 1. The number of halogens is 1. The number of aromatic nitrogens is 1. The van der Waals surface area contributed by atoms with Crippen LogP contribution in [0.4, 0.5) is 4.39 Å². The largest absolute Gasteiger partial charge is 0.356 e. The highest BCUT2D eigenvalue weighted by Gasteiger charge is 2.21. The van der Waals surface area contributed by atoms with Crippen LogP contribution >= 0.6 is 11.3 Å². The quantitative estimate of drug-likeness (QED) is 0.652. The van der Waals surface area contributed by atoms with Crippen molar-refractivity contribution in [3.63, 3.8) is 0 Å². The minimum absolute atomic E-state index is 0.208. The van der Waals surface area contributed by atoms with Crippen LogP contribution in [-0.4, -0.2) is 24.5 Å². The molecule has 0 saturated carbocycles. The zero-order valence-corrected chi connectivity index (χ0v) is 14.8. The van der Waals surface area contributed by atoms with Crippen LogP contribution in [0.3, 0.4) is 0 Å². The van der Waals surface area contributed by atoms with Crippen molar-refractivity contribution in [2.24, 2.45) is 4.99 Å². The van der Waals surface area contributed by atoms with E-state index in [9.17, 15) is 4.39 Å². The van der Waals surface area contributed by atoms with Crippen LogP contribution in [0.5, 0.6) is 0 Å². The van der Waals surface area contributed by atoms with Crippen molar-refractivity contribution in [3.8, 4) is 0 Å². The van der Waals surface area contributed by atoms with Gasteiger partial charge in [-0.05, 0) is 24.6 Å². The SMILES string of the molecule is CN=C(NCc1scnc1C)NCC(C)(C)c1cccc(F)c1. The van der Waals surface area contributed by atoms with Gasteiger partial charge >= 0.3 is 0 Å². The number of benzene rings is 1. The van der Waals surface area contributed by atoms with Gasteiger partial charge in [-0.1, -0.05) is 26.0 Å². The van der Waals surface area contributed by atoms with Gasteiger partial charge in [0, 0.05) is 23.9 Å². The Hall–Kier alpha value is -1.95. The van der Waals surface area contributed by atoms with E-state index in [1.165, 1.54) is 10.9 Å². The first-order valence-electron chi connectivity index (χ1n) is 7.52. The van der Waals surface area contributed by atoms with Crippen molar-refractivity contribution in [1.82, 2.24) is 15.6 Å². The summed E-state index contributed by atoms with van der Waals surface area (Å²) in [5, 5.41) is 6.59. The highest BCUT2D eigenvalue weighted by molar-refractivity contribution is 7.09. The summed E-state index contributed by atoms with van der Waals surface area (Å²) in [6, 6.07) is 6.73. The van der Waals surface area contributed by atoms with Gasteiger partial charge in [0.1, 0.15) is 5.82 Å². The third-order valence-corrected chi connectivity index (χ3v) is 4.72. The highest BCUT2D eigenvalue weighted by atomic mass is 32.1. The molecule has 0 spiro atoms. The Kier molecular flexibility index (Phi) is 5.71. The summed E-state index contributed by atoms with van der Waals surface area (Å²) >= 11 is 1.63. The van der Waals surface area contributed by atoms with Crippen molar-refractivity contribution in [1.29, 1.82) is 0 Å². The predicted octanol–water partition coefficient (Wildman–Crippen LogP) is 3.23. The topological polar surface area (TPSA) is 49.3 Å². The molecule has 4 nitrogen and oxygen atoms in total. The van der Waals surface area contributed by atoms with E-state index in [0.29, 0.717) is 13.1 Å². The summed E-state index contributed by atoms with van der Waals surface area (Å²) in [6.45, 7) is 7.50. The number of nitrogens with zero attached hydrogens (tertiary/aromatic N) is 2. The summed E-state index contributed by atoms with van der Waals surface area (Å²) in [4.78, 5) is 9.66. The number of hydrogen-bond donors (Lipinski definition) is 2. The molecule has 2 N–H and O–H groups in total. The van der Waals surface area contributed by atoms with Gasteiger partial charge in [-0.15, -0.1) is 11.3 Å². The molecule has 0 aliphatic rings. The minimum atomic E-state index is -0.209. The lowest BCUT2D eigenvalue weighted by molar-refractivity contribution is 0.503. The standard InChI is InChI=1S/C17H23FN4S/c1-12-15(23-11-22-12)9-20-16(19-4)21-10-17(2,3)13-6-5-7-14(18)8-13/h5-8,11H,9-10H2,1-4H3,(H2,19,20,21). The molecule has 0 fully saturated rings. The lowest BCUT2D eigenvalue weighted by Crippen LogP contribution is -2.43. The van der Waals surface area contributed by atoms with Crippen molar-refractivity contribution in [2.75, 3.05) is 13.6 Å². The molecule has 0 unspecified atom stereocenters. The third-order valence-electron chi connectivity index (χ3n) is 3.79. The molecule has 2 rings (SSSR count). The van der Waals surface area contributed by atoms with E-state index in [2.05, 4.69) is 34.5 Å². The average molecular weight is 334 g/mol. The van der Waals surface area contributed by atoms with Crippen LogP contribution in [0, 0.1) is 12.7 Å². The smallest absolute Gasteiger partial charge is 0.191 e. The molecule has 0 amide bonds. The second kappa shape index (κ2) is 7.55. The van der Waals surface area contributed by atoms with Crippen LogP contribution in [0.25, 0.3) is 0 Å². The normalized spacial score (nSPS) is 12.3. The molecule has 0 saturated heterocycles. The summed E-state index contributed by atoms with van der Waals surface area (Å²) in [7, 11) is 1.74. The van der Waals surface area contributed by atoms with E-state index in [-0.39, 0.29) is 11.2 Å². The number of thiazole rings is 1. The first-order valence-corrected chi connectivity index (χ1v) is 8.40. The van der Waals surface area contributed by atoms with Gasteiger partial charge < -0.3 is 10.6 Å². The Bertz CT molecular complexity index is 679. The fourth-order valence-electron chi connectivity index (χ4n) is 2.20. The van der Waals surface area contributed by atoms with Crippen LogP contribution < -0.4 is 10.6 Å². The summed E-state index contributed by atoms with van der Waals surface area (Å²) in [5.41, 5.74) is 3.63. The molecule has 0 bridgehead atoms. The third kappa shape index (κ3) is 4.76. The molecule has 23 heavy (non-hydrogen) atoms. The molecule has 124 valence electrons. The fraction of sp³-hybridized carbons (Fsp3) is 0.412. The van der Waals surface area contributed by atoms with Crippen LogP contribution in [-0.2, 0) is 12.0 Å². The molecular formula is C17H23FN4S. The molecule has 1 aromatic heterocycles. The summed E-state index contributed by atoms with van der Waals surface area (Å²) < 4.78 is 13.4. The molecule has 0 radical (unpaired) electrons.